The Bertz CT molecular complexity index is 423. The van der Waals surface area contributed by atoms with Crippen LogP contribution >= 0.6 is 0 Å². The van der Waals surface area contributed by atoms with Gasteiger partial charge in [-0.3, -0.25) is 4.79 Å². The number of carbonyl (C=O) groups is 1. The van der Waals surface area contributed by atoms with Crippen molar-refractivity contribution in [3.8, 4) is 0 Å². The van der Waals surface area contributed by atoms with Gasteiger partial charge in [0.2, 0.25) is 0 Å². The van der Waals surface area contributed by atoms with Gasteiger partial charge < -0.3 is 4.74 Å². The maximum absolute atomic E-state index is 12.4. The molecule has 2 nitrogen and oxygen atoms in total. The molecule has 18 heavy (non-hydrogen) atoms. The molecule has 2 rings (SSSR count). The van der Waals surface area contributed by atoms with Crippen molar-refractivity contribution >= 4 is 5.78 Å². The summed E-state index contributed by atoms with van der Waals surface area (Å²) in [6.45, 7) is 7.00. The van der Waals surface area contributed by atoms with E-state index in [2.05, 4.69) is 19.9 Å². The van der Waals surface area contributed by atoms with Crippen molar-refractivity contribution in [3.05, 3.63) is 35.4 Å². The van der Waals surface area contributed by atoms with Gasteiger partial charge in [0, 0.05) is 11.5 Å². The zero-order valence-corrected chi connectivity index (χ0v) is 11.5. The molecule has 0 N–H and O–H groups in total. The van der Waals surface area contributed by atoms with Gasteiger partial charge in [-0.15, -0.1) is 0 Å². The predicted octanol–water partition coefficient (Wildman–Crippen LogP) is 3.49. The van der Waals surface area contributed by atoms with E-state index in [-0.39, 0.29) is 17.8 Å². The van der Waals surface area contributed by atoms with Crippen LogP contribution in [0.25, 0.3) is 0 Å². The van der Waals surface area contributed by atoms with Crippen LogP contribution in [-0.4, -0.2) is 18.5 Å². The first kappa shape index (κ1) is 13.3. The Hall–Kier alpha value is -1.15. The third-order valence-corrected chi connectivity index (χ3v) is 3.42. The van der Waals surface area contributed by atoms with E-state index in [0.29, 0.717) is 12.5 Å². The minimum atomic E-state index is 0.0503. The van der Waals surface area contributed by atoms with Gasteiger partial charge in [-0.2, -0.15) is 0 Å². The average Bonchev–Trinajstić information content (AvgIpc) is 2.74. The lowest BCUT2D eigenvalue weighted by Crippen LogP contribution is -2.15. The average molecular weight is 246 g/mol. The van der Waals surface area contributed by atoms with Gasteiger partial charge >= 0.3 is 0 Å². The lowest BCUT2D eigenvalue weighted by Gasteiger charge is -2.10. The second kappa shape index (κ2) is 5.66. The van der Waals surface area contributed by atoms with Crippen molar-refractivity contribution in [1.82, 2.24) is 0 Å². The van der Waals surface area contributed by atoms with Gasteiger partial charge in [0.15, 0.2) is 5.78 Å². The summed E-state index contributed by atoms with van der Waals surface area (Å²) in [5, 5.41) is 0. The highest BCUT2D eigenvalue weighted by molar-refractivity contribution is 5.98. The summed E-state index contributed by atoms with van der Waals surface area (Å²) in [4.78, 5) is 12.4. The van der Waals surface area contributed by atoms with Crippen molar-refractivity contribution in [2.45, 2.75) is 39.7 Å². The summed E-state index contributed by atoms with van der Waals surface area (Å²) in [6, 6.07) is 8.06. The summed E-state index contributed by atoms with van der Waals surface area (Å²) >= 11 is 0. The maximum atomic E-state index is 12.4. The molecule has 1 heterocycles. The molecular weight excluding hydrogens is 224 g/mol. The largest absolute Gasteiger partial charge is 0.378 e. The fourth-order valence-electron chi connectivity index (χ4n) is 2.56. The van der Waals surface area contributed by atoms with Crippen LogP contribution in [0.3, 0.4) is 0 Å². The van der Waals surface area contributed by atoms with Crippen molar-refractivity contribution in [3.63, 3.8) is 0 Å². The van der Waals surface area contributed by atoms with Crippen molar-refractivity contribution in [2.75, 3.05) is 6.61 Å². The number of ether oxygens (including phenoxy) is 1. The van der Waals surface area contributed by atoms with E-state index in [0.717, 1.165) is 18.4 Å². The molecule has 1 aromatic carbocycles. The zero-order chi connectivity index (χ0) is 13.1. The SMILES string of the molecule is CC(C)Cc1cccc(C(=O)C2COC(C)C2)c1. The highest BCUT2D eigenvalue weighted by atomic mass is 16.5. The summed E-state index contributed by atoms with van der Waals surface area (Å²) < 4.78 is 5.48. The van der Waals surface area contributed by atoms with Crippen LogP contribution in [0.2, 0.25) is 0 Å². The molecule has 0 bridgehead atoms. The molecule has 1 saturated heterocycles. The molecule has 0 radical (unpaired) electrons. The minimum absolute atomic E-state index is 0.0503. The summed E-state index contributed by atoms with van der Waals surface area (Å²) in [5.41, 5.74) is 2.10. The minimum Gasteiger partial charge on any atom is -0.378 e. The van der Waals surface area contributed by atoms with Gasteiger partial charge in [0.1, 0.15) is 0 Å². The van der Waals surface area contributed by atoms with Crippen LogP contribution in [0.1, 0.15) is 43.1 Å². The van der Waals surface area contributed by atoms with Gasteiger partial charge in [0.05, 0.1) is 12.7 Å². The van der Waals surface area contributed by atoms with Crippen LogP contribution in [0, 0.1) is 11.8 Å². The highest BCUT2D eigenvalue weighted by Gasteiger charge is 2.28. The predicted molar refractivity (Wildman–Crippen MR) is 72.8 cm³/mol. The van der Waals surface area contributed by atoms with Crippen LogP contribution in [0.4, 0.5) is 0 Å². The van der Waals surface area contributed by atoms with E-state index in [9.17, 15) is 4.79 Å². The molecule has 1 fully saturated rings. The Morgan fingerprint density at radius 1 is 1.44 bits per heavy atom. The molecular formula is C16H22O2. The fourth-order valence-corrected chi connectivity index (χ4v) is 2.56. The molecule has 0 spiro atoms. The lowest BCUT2D eigenvalue weighted by atomic mass is 9.93. The standard InChI is InChI=1S/C16H22O2/c1-11(2)7-13-5-4-6-14(9-13)16(17)15-8-12(3)18-10-15/h4-6,9,11-12,15H,7-8,10H2,1-3H3. The van der Waals surface area contributed by atoms with E-state index >= 15 is 0 Å². The summed E-state index contributed by atoms with van der Waals surface area (Å²) in [6.07, 6.45) is 2.10. The van der Waals surface area contributed by atoms with E-state index in [1.165, 1.54) is 5.56 Å². The number of Topliss-reactive ketones (excluding diaryl/α,β-unsaturated/α-hetero) is 1. The number of benzene rings is 1. The topological polar surface area (TPSA) is 26.3 Å². The van der Waals surface area contributed by atoms with Gasteiger partial charge in [-0.25, -0.2) is 0 Å². The van der Waals surface area contributed by atoms with Crippen molar-refractivity contribution in [1.29, 1.82) is 0 Å². The first-order valence-corrected chi connectivity index (χ1v) is 6.81. The van der Waals surface area contributed by atoms with E-state index in [1.807, 2.05) is 25.1 Å². The van der Waals surface area contributed by atoms with Crippen LogP contribution in [-0.2, 0) is 11.2 Å². The Labute approximate surface area is 109 Å². The Kier molecular flexibility index (Phi) is 4.18. The third-order valence-electron chi connectivity index (χ3n) is 3.42. The Balaban J connectivity index is 2.10. The Morgan fingerprint density at radius 3 is 2.83 bits per heavy atom. The quantitative estimate of drug-likeness (QED) is 0.760. The molecule has 0 aromatic heterocycles. The smallest absolute Gasteiger partial charge is 0.168 e. The molecule has 1 aromatic rings. The first-order chi connectivity index (χ1) is 8.56. The number of carbonyl (C=O) groups excluding carboxylic acids is 1. The van der Waals surface area contributed by atoms with Crippen molar-refractivity contribution < 1.29 is 9.53 Å². The number of ketones is 1. The monoisotopic (exact) mass is 246 g/mol. The molecule has 98 valence electrons. The highest BCUT2D eigenvalue weighted by Crippen LogP contribution is 2.23. The third kappa shape index (κ3) is 3.20. The molecule has 1 aliphatic heterocycles. The van der Waals surface area contributed by atoms with Gasteiger partial charge in [0.25, 0.3) is 0 Å². The van der Waals surface area contributed by atoms with E-state index in [1.54, 1.807) is 0 Å². The molecule has 0 aliphatic carbocycles. The normalized spacial score (nSPS) is 23.6. The van der Waals surface area contributed by atoms with Crippen LogP contribution in [0.5, 0.6) is 0 Å². The maximum Gasteiger partial charge on any atom is 0.168 e. The van der Waals surface area contributed by atoms with Crippen LogP contribution < -0.4 is 0 Å². The lowest BCUT2D eigenvalue weighted by molar-refractivity contribution is 0.0877. The molecule has 2 heteroatoms. The molecule has 1 aliphatic rings. The first-order valence-electron chi connectivity index (χ1n) is 6.81. The molecule has 0 saturated carbocycles. The summed E-state index contributed by atoms with van der Waals surface area (Å²) in [7, 11) is 0. The van der Waals surface area contributed by atoms with Gasteiger partial charge in [-0.1, -0.05) is 32.0 Å². The molecule has 2 atom stereocenters. The Morgan fingerprint density at radius 2 is 2.22 bits per heavy atom. The number of hydrogen-bond donors (Lipinski definition) is 0. The number of rotatable bonds is 4. The second-order valence-corrected chi connectivity index (χ2v) is 5.74. The van der Waals surface area contributed by atoms with Gasteiger partial charge in [-0.05, 0) is 37.3 Å². The van der Waals surface area contributed by atoms with Crippen LogP contribution in [0.15, 0.2) is 24.3 Å². The van der Waals surface area contributed by atoms with E-state index < -0.39 is 0 Å². The number of hydrogen-bond acceptors (Lipinski definition) is 2. The fraction of sp³-hybridized carbons (Fsp3) is 0.562. The zero-order valence-electron chi connectivity index (χ0n) is 11.5. The van der Waals surface area contributed by atoms with E-state index in [4.69, 9.17) is 4.74 Å². The van der Waals surface area contributed by atoms with Crippen molar-refractivity contribution in [2.24, 2.45) is 11.8 Å². The summed E-state index contributed by atoms with van der Waals surface area (Å²) in [5.74, 6) is 0.907. The molecule has 2 unspecified atom stereocenters. The molecule has 0 amide bonds. The second-order valence-electron chi connectivity index (χ2n) is 5.74.